The first-order chi connectivity index (χ1) is 29.8. The third-order valence-electron chi connectivity index (χ3n) is 10.8. The molecule has 19 nitrogen and oxygen atoms in total. The van der Waals surface area contributed by atoms with E-state index in [0.29, 0.717) is 11.5 Å². The summed E-state index contributed by atoms with van der Waals surface area (Å²) in [6.45, 7) is 1.32. The van der Waals surface area contributed by atoms with Gasteiger partial charge in [-0.25, -0.2) is 9.59 Å². The van der Waals surface area contributed by atoms with E-state index in [9.17, 15) is 28.8 Å². The molecule has 0 spiro atoms. The summed E-state index contributed by atoms with van der Waals surface area (Å²) in [4.78, 5) is 54.2. The van der Waals surface area contributed by atoms with E-state index in [1.807, 2.05) is 78.9 Å². The highest BCUT2D eigenvalue weighted by molar-refractivity contribution is 7.53. The molecule has 2 saturated heterocycles. The Kier molecular flexibility index (Phi) is 13.6. The Morgan fingerprint density at radius 2 is 1.42 bits per heavy atom. The molecule has 330 valence electrons. The van der Waals surface area contributed by atoms with E-state index >= 15 is 0 Å². The lowest BCUT2D eigenvalue weighted by Gasteiger charge is -2.37. The van der Waals surface area contributed by atoms with E-state index < -0.39 is 85.2 Å². The standard InChI is InChI=1S/C42H47N4O15P/c1-25-22-46(41(51)44-37(25)49)34-21-31(61-62(52,56-5)24-57-39-35(48)36(55-4)38(60-39)45-20-19-33(47)43-40(45)50)32(59-34)23-58-42(26-9-7-6-8-10-26,27-11-15-29(53-2)16-12-27)28-13-17-30(54-3)18-14-28/h6-20,22,31-32,34-36,38-39,48H,21,23-24H2,1-5H3,(H,43,47,50)(H,44,49,51)/t31-,32+,34+,35-,36+,38+,39-,62?/m0/s1. The third-order valence-corrected chi connectivity index (χ3v) is 12.4. The highest BCUT2D eigenvalue weighted by atomic mass is 31.2. The summed E-state index contributed by atoms with van der Waals surface area (Å²) in [6, 6.07) is 25.4. The second-order valence-corrected chi connectivity index (χ2v) is 16.6. The minimum atomic E-state index is -4.28. The molecule has 8 atom stereocenters. The number of hydrogen-bond acceptors (Lipinski definition) is 15. The molecule has 0 amide bonds. The second-order valence-electron chi connectivity index (χ2n) is 14.5. The van der Waals surface area contributed by atoms with Crippen LogP contribution >= 0.6 is 7.60 Å². The van der Waals surface area contributed by atoms with Crippen LogP contribution in [0.25, 0.3) is 0 Å². The number of benzene rings is 3. The van der Waals surface area contributed by atoms with Gasteiger partial charge in [0.1, 0.15) is 47.7 Å². The van der Waals surface area contributed by atoms with Gasteiger partial charge in [-0.3, -0.25) is 33.3 Å². The average Bonchev–Trinajstić information content (AvgIpc) is 3.83. The molecule has 1 unspecified atom stereocenters. The summed E-state index contributed by atoms with van der Waals surface area (Å²) < 4.78 is 70.0. The van der Waals surface area contributed by atoms with Gasteiger partial charge < -0.3 is 47.3 Å². The molecule has 0 aliphatic carbocycles. The number of H-pyrrole nitrogens is 2. The number of aryl methyl sites for hydroxylation is 1. The Morgan fingerprint density at radius 3 is 2.00 bits per heavy atom. The fourth-order valence-electron chi connectivity index (χ4n) is 7.57. The number of nitrogens with zero attached hydrogens (tertiary/aromatic N) is 2. The molecule has 0 radical (unpaired) electrons. The molecule has 3 N–H and O–H groups in total. The maximum absolute atomic E-state index is 14.5. The van der Waals surface area contributed by atoms with Crippen molar-refractivity contribution < 1.29 is 51.9 Å². The summed E-state index contributed by atoms with van der Waals surface area (Å²) in [7, 11) is 1.29. The van der Waals surface area contributed by atoms with Gasteiger partial charge in [0.15, 0.2) is 18.9 Å². The molecule has 4 heterocycles. The van der Waals surface area contributed by atoms with Crippen molar-refractivity contribution >= 4 is 7.60 Å². The average molecular weight is 879 g/mol. The van der Waals surface area contributed by atoms with Gasteiger partial charge in [-0.1, -0.05) is 54.6 Å². The molecule has 3 aromatic carbocycles. The maximum atomic E-state index is 14.5. The van der Waals surface area contributed by atoms with E-state index in [1.54, 1.807) is 21.1 Å². The van der Waals surface area contributed by atoms with Crippen LogP contribution in [0, 0.1) is 6.92 Å². The topological polar surface area (TPSA) is 230 Å². The second kappa shape index (κ2) is 18.9. The Labute approximate surface area is 354 Å². The molecule has 62 heavy (non-hydrogen) atoms. The largest absolute Gasteiger partial charge is 0.497 e. The first-order valence-corrected chi connectivity index (χ1v) is 21.1. The minimum Gasteiger partial charge on any atom is -0.497 e. The van der Waals surface area contributed by atoms with Crippen LogP contribution in [0.15, 0.2) is 117 Å². The normalized spacial score (nSPS) is 23.5. The van der Waals surface area contributed by atoms with Crippen molar-refractivity contribution in [1.82, 2.24) is 19.1 Å². The Balaban J connectivity index is 1.21. The predicted octanol–water partition coefficient (Wildman–Crippen LogP) is 3.14. The van der Waals surface area contributed by atoms with Gasteiger partial charge in [0, 0.05) is 44.7 Å². The molecular formula is C42H47N4O15P. The summed E-state index contributed by atoms with van der Waals surface area (Å²) in [6.07, 6.45) is -6.81. The number of aliphatic hydroxyl groups excluding tert-OH is 1. The van der Waals surface area contributed by atoms with E-state index in [1.165, 1.54) is 24.1 Å². The molecule has 0 saturated carbocycles. The van der Waals surface area contributed by atoms with E-state index in [-0.39, 0.29) is 18.6 Å². The lowest BCUT2D eigenvalue weighted by Crippen LogP contribution is -2.39. The summed E-state index contributed by atoms with van der Waals surface area (Å²) in [5.41, 5.74) is -1.63. The monoisotopic (exact) mass is 878 g/mol. The number of aromatic nitrogens is 4. The zero-order chi connectivity index (χ0) is 44.2. The molecular weight excluding hydrogens is 831 g/mol. The fourth-order valence-corrected chi connectivity index (χ4v) is 8.79. The van der Waals surface area contributed by atoms with Crippen molar-refractivity contribution in [3.63, 3.8) is 0 Å². The highest BCUT2D eigenvalue weighted by Crippen LogP contribution is 2.52. The number of ether oxygens (including phenoxy) is 7. The lowest BCUT2D eigenvalue weighted by molar-refractivity contribution is -0.169. The van der Waals surface area contributed by atoms with Crippen LogP contribution in [0.1, 0.15) is 41.1 Å². The number of aliphatic hydroxyl groups is 1. The molecule has 0 bridgehead atoms. The zero-order valence-electron chi connectivity index (χ0n) is 34.4. The van der Waals surface area contributed by atoms with Crippen molar-refractivity contribution in [3.05, 3.63) is 161 Å². The summed E-state index contributed by atoms with van der Waals surface area (Å²) in [5, 5.41) is 11.1. The van der Waals surface area contributed by atoms with Crippen molar-refractivity contribution in [2.45, 2.75) is 62.1 Å². The number of nitrogens with one attached hydrogen (secondary N) is 2. The van der Waals surface area contributed by atoms with Crippen LogP contribution < -0.4 is 32.0 Å². The predicted molar refractivity (Wildman–Crippen MR) is 220 cm³/mol. The Morgan fingerprint density at radius 1 is 0.806 bits per heavy atom. The fraction of sp³-hybridized carbons (Fsp3) is 0.381. The molecule has 2 aliphatic rings. The summed E-state index contributed by atoms with van der Waals surface area (Å²) in [5.74, 6) is 1.24. The van der Waals surface area contributed by atoms with Gasteiger partial charge in [-0.2, -0.15) is 0 Å². The number of hydrogen-bond donors (Lipinski definition) is 3. The minimum absolute atomic E-state index is 0.0678. The van der Waals surface area contributed by atoms with E-state index in [4.69, 9.17) is 42.2 Å². The first-order valence-electron chi connectivity index (χ1n) is 19.4. The van der Waals surface area contributed by atoms with E-state index in [2.05, 4.69) is 9.97 Å². The lowest BCUT2D eigenvalue weighted by atomic mass is 9.80. The Hall–Kier alpha value is -5.47. The van der Waals surface area contributed by atoms with Crippen LogP contribution in [-0.4, -0.2) is 96.3 Å². The van der Waals surface area contributed by atoms with Gasteiger partial charge >= 0.3 is 19.0 Å². The van der Waals surface area contributed by atoms with Gasteiger partial charge in [0.2, 0.25) is 0 Å². The highest BCUT2D eigenvalue weighted by Gasteiger charge is 2.49. The molecule has 2 aromatic heterocycles. The summed E-state index contributed by atoms with van der Waals surface area (Å²) >= 11 is 0. The number of rotatable bonds is 17. The van der Waals surface area contributed by atoms with Crippen LogP contribution in [0.5, 0.6) is 11.5 Å². The third kappa shape index (κ3) is 9.03. The zero-order valence-corrected chi connectivity index (χ0v) is 35.3. The van der Waals surface area contributed by atoms with Gasteiger partial charge in [0.05, 0.1) is 20.8 Å². The van der Waals surface area contributed by atoms with E-state index in [0.717, 1.165) is 34.4 Å². The Bertz CT molecular complexity index is 2550. The van der Waals surface area contributed by atoms with Crippen molar-refractivity contribution in [1.29, 1.82) is 0 Å². The molecule has 2 aliphatic heterocycles. The van der Waals surface area contributed by atoms with Gasteiger partial charge in [-0.15, -0.1) is 0 Å². The SMILES string of the molecule is COc1ccc(C(OC[C@H]2O[C@@H](n3cc(C)c(=O)[nH]c3=O)C[C@@H]2OP(=O)(CO[C@H]2O[C@@H](n3ccc(=O)[nH]c3=O)[C@H](OC)[C@@H]2O)OC)(c2ccccc2)c2ccc(OC)cc2)cc1. The number of methoxy groups -OCH3 is 3. The molecule has 7 rings (SSSR count). The quantitative estimate of drug-likeness (QED) is 0.0900. The molecule has 2 fully saturated rings. The van der Waals surface area contributed by atoms with Crippen molar-refractivity contribution in [2.75, 3.05) is 41.4 Å². The van der Waals surface area contributed by atoms with Crippen LogP contribution in [0.3, 0.4) is 0 Å². The van der Waals surface area contributed by atoms with Crippen molar-refractivity contribution in [3.8, 4) is 11.5 Å². The van der Waals surface area contributed by atoms with Crippen LogP contribution in [-0.2, 0) is 42.9 Å². The van der Waals surface area contributed by atoms with Gasteiger partial charge in [-0.05, 0) is 47.9 Å². The van der Waals surface area contributed by atoms with Crippen molar-refractivity contribution in [2.24, 2.45) is 0 Å². The van der Waals surface area contributed by atoms with Crippen LogP contribution in [0.2, 0.25) is 0 Å². The number of aromatic amines is 2. The molecule has 20 heteroatoms. The molecule has 5 aromatic rings. The van der Waals surface area contributed by atoms with Crippen LogP contribution in [0.4, 0.5) is 0 Å². The smallest absolute Gasteiger partial charge is 0.356 e. The maximum Gasteiger partial charge on any atom is 0.356 e. The van der Waals surface area contributed by atoms with Gasteiger partial charge in [0.25, 0.3) is 11.1 Å². The first kappa shape index (κ1) is 44.6.